The van der Waals surface area contributed by atoms with Gasteiger partial charge in [0.15, 0.2) is 0 Å². The molecule has 1 aromatic heterocycles. The maximum absolute atomic E-state index is 12.6. The lowest BCUT2D eigenvalue weighted by Crippen LogP contribution is -2.12. The van der Waals surface area contributed by atoms with E-state index in [9.17, 15) is 8.42 Å². The van der Waals surface area contributed by atoms with Gasteiger partial charge in [-0.1, -0.05) is 17.7 Å². The van der Waals surface area contributed by atoms with Crippen LogP contribution in [0.4, 0.5) is 5.69 Å². The quantitative estimate of drug-likeness (QED) is 0.479. The van der Waals surface area contributed by atoms with Gasteiger partial charge in [-0.2, -0.15) is 5.21 Å². The smallest absolute Gasteiger partial charge is 0.261 e. The normalized spacial score (nSPS) is 11.2. The topological polar surface area (TPSA) is 110 Å². The largest absolute Gasteiger partial charge is 0.457 e. The second-order valence-corrected chi connectivity index (χ2v) is 8.07. The molecule has 0 radical (unpaired) electrons. The fraction of sp³-hybridized carbons (Fsp3) is 0. The molecule has 10 heteroatoms. The maximum atomic E-state index is 12.6. The standard InChI is InChI=1S/C19H14ClN5O3S/c20-14-2-1-3-17(12-14)28-16-8-10-18(11-9-16)29(26,27)23-15-6-4-13(5-7-15)19-21-24-25-22-19/h1-12,23H,(H,21,22,24,25). The average Bonchev–Trinajstić information content (AvgIpc) is 3.24. The third kappa shape index (κ3) is 4.53. The number of tetrazole rings is 1. The Bertz CT molecular complexity index is 1210. The summed E-state index contributed by atoms with van der Waals surface area (Å²) in [5, 5.41) is 14.2. The number of rotatable bonds is 6. The van der Waals surface area contributed by atoms with Crippen LogP contribution in [-0.2, 0) is 10.0 Å². The molecule has 4 rings (SSSR count). The highest BCUT2D eigenvalue weighted by molar-refractivity contribution is 7.92. The third-order valence-electron chi connectivity index (χ3n) is 3.91. The van der Waals surface area contributed by atoms with Gasteiger partial charge in [0.25, 0.3) is 10.0 Å². The number of anilines is 1. The first kappa shape index (κ1) is 18.9. The van der Waals surface area contributed by atoms with Crippen molar-refractivity contribution in [3.63, 3.8) is 0 Å². The van der Waals surface area contributed by atoms with E-state index in [0.717, 1.165) is 0 Å². The fourth-order valence-corrected chi connectivity index (χ4v) is 3.78. The highest BCUT2D eigenvalue weighted by Crippen LogP contribution is 2.26. The molecular weight excluding hydrogens is 414 g/mol. The van der Waals surface area contributed by atoms with E-state index < -0.39 is 10.0 Å². The number of benzene rings is 3. The van der Waals surface area contributed by atoms with Crippen LogP contribution in [0.25, 0.3) is 11.4 Å². The number of aromatic nitrogens is 4. The Hall–Kier alpha value is -3.43. The third-order valence-corrected chi connectivity index (χ3v) is 5.54. The SMILES string of the molecule is O=S(=O)(Nc1ccc(-c2nn[nH]n2)cc1)c1ccc(Oc2cccc(Cl)c2)cc1. The number of nitrogens with zero attached hydrogens (tertiary/aromatic N) is 3. The number of sulfonamides is 1. The molecule has 0 amide bonds. The summed E-state index contributed by atoms with van der Waals surface area (Å²) in [7, 11) is -3.75. The van der Waals surface area contributed by atoms with Gasteiger partial charge in [0.1, 0.15) is 11.5 Å². The number of nitrogens with one attached hydrogen (secondary N) is 2. The van der Waals surface area contributed by atoms with Crippen molar-refractivity contribution < 1.29 is 13.2 Å². The van der Waals surface area contributed by atoms with Crippen LogP contribution in [0.15, 0.2) is 77.7 Å². The van der Waals surface area contributed by atoms with Crippen LogP contribution < -0.4 is 9.46 Å². The average molecular weight is 428 g/mol. The lowest BCUT2D eigenvalue weighted by atomic mass is 10.2. The predicted molar refractivity (Wildman–Crippen MR) is 108 cm³/mol. The minimum Gasteiger partial charge on any atom is -0.457 e. The van der Waals surface area contributed by atoms with E-state index in [0.29, 0.717) is 33.6 Å². The van der Waals surface area contributed by atoms with Crippen LogP contribution in [0.2, 0.25) is 5.02 Å². The Labute approximate surface area is 171 Å². The monoisotopic (exact) mass is 427 g/mol. The molecule has 146 valence electrons. The Morgan fingerprint density at radius 3 is 2.34 bits per heavy atom. The van der Waals surface area contributed by atoms with Crippen LogP contribution in [0.5, 0.6) is 11.5 Å². The maximum Gasteiger partial charge on any atom is 0.261 e. The van der Waals surface area contributed by atoms with Crippen LogP contribution in [0, 0.1) is 0 Å². The zero-order chi connectivity index (χ0) is 20.3. The highest BCUT2D eigenvalue weighted by Gasteiger charge is 2.15. The lowest BCUT2D eigenvalue weighted by molar-refractivity contribution is 0.482. The highest BCUT2D eigenvalue weighted by atomic mass is 35.5. The molecule has 0 aliphatic carbocycles. The van der Waals surface area contributed by atoms with Gasteiger partial charge >= 0.3 is 0 Å². The van der Waals surface area contributed by atoms with E-state index in [1.165, 1.54) is 12.1 Å². The molecule has 0 atom stereocenters. The molecule has 4 aromatic rings. The van der Waals surface area contributed by atoms with Crippen LogP contribution >= 0.6 is 11.6 Å². The second kappa shape index (κ2) is 7.90. The van der Waals surface area contributed by atoms with Crippen molar-refractivity contribution in [2.75, 3.05) is 4.72 Å². The lowest BCUT2D eigenvalue weighted by Gasteiger charge is -2.10. The minimum atomic E-state index is -3.75. The first-order valence-electron chi connectivity index (χ1n) is 8.40. The molecule has 8 nitrogen and oxygen atoms in total. The summed E-state index contributed by atoms with van der Waals surface area (Å²) in [6, 6.07) is 19.7. The Morgan fingerprint density at radius 2 is 1.69 bits per heavy atom. The van der Waals surface area contributed by atoms with Gasteiger partial charge in [0.05, 0.1) is 4.90 Å². The zero-order valence-electron chi connectivity index (χ0n) is 14.8. The Balaban J connectivity index is 1.47. The van der Waals surface area contributed by atoms with Crippen molar-refractivity contribution in [3.8, 4) is 22.9 Å². The van der Waals surface area contributed by atoms with Crippen molar-refractivity contribution in [1.82, 2.24) is 20.6 Å². The summed E-state index contributed by atoms with van der Waals surface area (Å²) >= 11 is 5.93. The summed E-state index contributed by atoms with van der Waals surface area (Å²) in [4.78, 5) is 0.109. The molecule has 0 aliphatic heterocycles. The van der Waals surface area contributed by atoms with Crippen molar-refractivity contribution in [2.45, 2.75) is 4.90 Å². The molecule has 0 unspecified atom stereocenters. The summed E-state index contributed by atoms with van der Waals surface area (Å²) in [6.07, 6.45) is 0. The van der Waals surface area contributed by atoms with Gasteiger partial charge < -0.3 is 4.74 Å². The first-order valence-corrected chi connectivity index (χ1v) is 10.3. The molecule has 3 aromatic carbocycles. The van der Waals surface area contributed by atoms with Gasteiger partial charge in [-0.3, -0.25) is 4.72 Å². The predicted octanol–water partition coefficient (Wildman–Crippen LogP) is 4.11. The summed E-state index contributed by atoms with van der Waals surface area (Å²) in [6.45, 7) is 0. The van der Waals surface area contributed by atoms with Gasteiger partial charge in [0, 0.05) is 16.3 Å². The number of halogens is 1. The Morgan fingerprint density at radius 1 is 0.931 bits per heavy atom. The first-order chi connectivity index (χ1) is 14.0. The molecule has 1 heterocycles. The molecule has 0 saturated carbocycles. The van der Waals surface area contributed by atoms with Crippen molar-refractivity contribution in [3.05, 3.63) is 77.8 Å². The molecule has 0 saturated heterocycles. The van der Waals surface area contributed by atoms with E-state index in [-0.39, 0.29) is 4.90 Å². The number of aromatic amines is 1. The van der Waals surface area contributed by atoms with Gasteiger partial charge in [-0.25, -0.2) is 8.42 Å². The van der Waals surface area contributed by atoms with E-state index >= 15 is 0 Å². The number of ether oxygens (including phenoxy) is 1. The number of hydrogen-bond donors (Lipinski definition) is 2. The molecule has 2 N–H and O–H groups in total. The molecule has 0 spiro atoms. The minimum absolute atomic E-state index is 0.109. The second-order valence-electron chi connectivity index (χ2n) is 5.95. The number of H-pyrrole nitrogens is 1. The Kier molecular flexibility index (Phi) is 5.15. The van der Waals surface area contributed by atoms with Gasteiger partial charge in [-0.05, 0) is 71.9 Å². The summed E-state index contributed by atoms with van der Waals surface area (Å²) in [5.41, 5.74) is 1.13. The molecule has 29 heavy (non-hydrogen) atoms. The van der Waals surface area contributed by atoms with Gasteiger partial charge in [-0.15, -0.1) is 10.2 Å². The molecule has 0 aliphatic rings. The van der Waals surface area contributed by atoms with E-state index in [4.69, 9.17) is 16.3 Å². The molecule has 0 fully saturated rings. The molecule has 0 bridgehead atoms. The van der Waals surface area contributed by atoms with Crippen molar-refractivity contribution >= 4 is 27.3 Å². The van der Waals surface area contributed by atoms with Crippen LogP contribution in [-0.4, -0.2) is 29.0 Å². The fourth-order valence-electron chi connectivity index (χ4n) is 2.54. The summed E-state index contributed by atoms with van der Waals surface area (Å²) < 4.78 is 33.4. The van der Waals surface area contributed by atoms with Crippen molar-refractivity contribution in [2.24, 2.45) is 0 Å². The zero-order valence-corrected chi connectivity index (χ0v) is 16.4. The molecular formula is C19H14ClN5O3S. The number of hydrogen-bond acceptors (Lipinski definition) is 6. The summed E-state index contributed by atoms with van der Waals surface area (Å²) in [5.74, 6) is 1.48. The van der Waals surface area contributed by atoms with Gasteiger partial charge in [0.2, 0.25) is 5.82 Å². The van der Waals surface area contributed by atoms with Crippen molar-refractivity contribution in [1.29, 1.82) is 0 Å². The van der Waals surface area contributed by atoms with Crippen LogP contribution in [0.3, 0.4) is 0 Å². The van der Waals surface area contributed by atoms with E-state index in [1.54, 1.807) is 60.7 Å². The van der Waals surface area contributed by atoms with E-state index in [2.05, 4.69) is 25.3 Å². The van der Waals surface area contributed by atoms with E-state index in [1.807, 2.05) is 0 Å². The van der Waals surface area contributed by atoms with Crippen LogP contribution in [0.1, 0.15) is 0 Å².